The number of anilines is 1. The Morgan fingerprint density at radius 2 is 1.82 bits per heavy atom. The first-order chi connectivity index (χ1) is 18.8. The van der Waals surface area contributed by atoms with Gasteiger partial charge in [-0.3, -0.25) is 9.78 Å². The number of amides is 1. The van der Waals surface area contributed by atoms with Gasteiger partial charge in [0.15, 0.2) is 5.11 Å². The van der Waals surface area contributed by atoms with Gasteiger partial charge in [-0.25, -0.2) is 0 Å². The molecule has 6 nitrogen and oxygen atoms in total. The van der Waals surface area contributed by atoms with Crippen molar-refractivity contribution in [3.8, 4) is 5.69 Å². The van der Waals surface area contributed by atoms with Crippen LogP contribution in [0.15, 0.2) is 72.9 Å². The third-order valence-electron chi connectivity index (χ3n) is 7.16. The molecule has 1 aliphatic heterocycles. The smallest absolute Gasteiger partial charge is 0.226 e. The van der Waals surface area contributed by atoms with Crippen molar-refractivity contribution in [3.63, 3.8) is 0 Å². The molecule has 0 bridgehead atoms. The van der Waals surface area contributed by atoms with Crippen LogP contribution in [0.3, 0.4) is 0 Å². The number of carbonyl (C=O) groups is 1. The summed E-state index contributed by atoms with van der Waals surface area (Å²) >= 11 is 18.8. The van der Waals surface area contributed by atoms with Gasteiger partial charge in [-0.1, -0.05) is 53.5 Å². The van der Waals surface area contributed by atoms with Crippen molar-refractivity contribution in [1.29, 1.82) is 0 Å². The van der Waals surface area contributed by atoms with Gasteiger partial charge in [0.1, 0.15) is 0 Å². The van der Waals surface area contributed by atoms with E-state index in [0.29, 0.717) is 21.7 Å². The molecule has 5 rings (SSSR count). The average molecular weight is 579 g/mol. The largest absolute Gasteiger partial charge is 0.352 e. The SMILES string of the molecule is Cc1ccccc1NC(=O)CCN1C(=S)N[C@H](c2ccccn2)[C@@H]1c1cc(C)n(-c2cccc(Cl)c2Cl)c1C. The van der Waals surface area contributed by atoms with Crippen molar-refractivity contribution >= 4 is 52.1 Å². The number of carbonyl (C=O) groups excluding carboxylic acids is 1. The maximum Gasteiger partial charge on any atom is 0.226 e. The number of rotatable bonds is 7. The molecular formula is C30H29Cl2N5OS. The lowest BCUT2D eigenvalue weighted by atomic mass is 9.96. The quantitative estimate of drug-likeness (QED) is 0.229. The maximum atomic E-state index is 13.0. The van der Waals surface area contributed by atoms with Crippen LogP contribution in [-0.2, 0) is 4.79 Å². The fraction of sp³-hybridized carbons (Fsp3) is 0.233. The first-order valence-electron chi connectivity index (χ1n) is 12.7. The summed E-state index contributed by atoms with van der Waals surface area (Å²) in [5, 5.41) is 8.09. The van der Waals surface area contributed by atoms with Crippen LogP contribution in [-0.4, -0.2) is 32.0 Å². The van der Waals surface area contributed by atoms with Gasteiger partial charge < -0.3 is 20.1 Å². The van der Waals surface area contributed by atoms with Crippen molar-refractivity contribution in [2.24, 2.45) is 0 Å². The number of hydrogen-bond donors (Lipinski definition) is 2. The zero-order valence-electron chi connectivity index (χ0n) is 21.9. The lowest BCUT2D eigenvalue weighted by molar-refractivity contribution is -0.116. The second kappa shape index (κ2) is 11.4. The van der Waals surface area contributed by atoms with E-state index in [-0.39, 0.29) is 24.4 Å². The second-order valence-corrected chi connectivity index (χ2v) is 10.8. The lowest BCUT2D eigenvalue weighted by Gasteiger charge is -2.28. The van der Waals surface area contributed by atoms with E-state index in [1.165, 1.54) is 0 Å². The number of pyridine rings is 1. The highest BCUT2D eigenvalue weighted by atomic mass is 35.5. The third kappa shape index (κ3) is 5.39. The molecule has 0 radical (unpaired) electrons. The van der Waals surface area contributed by atoms with Crippen molar-refractivity contribution in [2.75, 3.05) is 11.9 Å². The lowest BCUT2D eigenvalue weighted by Crippen LogP contribution is -2.33. The molecule has 1 amide bonds. The number of thiocarbonyl (C=S) groups is 1. The number of halogens is 2. The molecule has 2 atom stereocenters. The van der Waals surface area contributed by atoms with Gasteiger partial charge in [0.05, 0.1) is 33.5 Å². The summed E-state index contributed by atoms with van der Waals surface area (Å²) in [6.45, 7) is 6.54. The standard InChI is InChI=1S/C30H29Cl2N5OS/c1-18-9-4-5-11-23(18)34-26(38)14-16-36-29(28(35-30(36)39)24-12-6-7-15-33-24)21-17-19(2)37(20(21)3)25-13-8-10-22(31)27(25)32/h4-13,15,17,28-29H,14,16H2,1-3H3,(H,34,38)(H,35,39)/t28-,29+/m1/s1. The Morgan fingerprint density at radius 3 is 2.56 bits per heavy atom. The summed E-state index contributed by atoms with van der Waals surface area (Å²) in [4.78, 5) is 19.7. The van der Waals surface area contributed by atoms with Crippen LogP contribution in [0.4, 0.5) is 5.69 Å². The topological polar surface area (TPSA) is 62.2 Å². The van der Waals surface area contributed by atoms with Crippen LogP contribution in [0, 0.1) is 20.8 Å². The Hall–Kier alpha value is -3.39. The Balaban J connectivity index is 1.50. The summed E-state index contributed by atoms with van der Waals surface area (Å²) in [6.07, 6.45) is 2.06. The molecule has 4 aromatic rings. The Bertz CT molecular complexity index is 1540. The predicted octanol–water partition coefficient (Wildman–Crippen LogP) is 7.11. The van der Waals surface area contributed by atoms with Crippen molar-refractivity contribution < 1.29 is 4.79 Å². The van der Waals surface area contributed by atoms with Crippen LogP contribution in [0.1, 0.15) is 46.7 Å². The van der Waals surface area contributed by atoms with E-state index in [4.69, 9.17) is 35.4 Å². The highest BCUT2D eigenvalue weighted by Crippen LogP contribution is 2.42. The van der Waals surface area contributed by atoms with Gasteiger partial charge in [-0.15, -0.1) is 0 Å². The first kappa shape index (κ1) is 27.2. The number of benzene rings is 2. The number of aromatic nitrogens is 2. The normalized spacial score (nSPS) is 16.8. The van der Waals surface area contributed by atoms with E-state index >= 15 is 0 Å². The van der Waals surface area contributed by atoms with Gasteiger partial charge in [0, 0.05) is 36.2 Å². The summed E-state index contributed by atoms with van der Waals surface area (Å²) < 4.78 is 2.11. The Kier molecular flexibility index (Phi) is 7.93. The number of hydrogen-bond acceptors (Lipinski definition) is 3. The molecule has 0 unspecified atom stereocenters. The van der Waals surface area contributed by atoms with Gasteiger partial charge >= 0.3 is 0 Å². The second-order valence-electron chi connectivity index (χ2n) is 9.67. The van der Waals surface area contributed by atoms with Gasteiger partial charge in [0.2, 0.25) is 5.91 Å². The molecule has 1 aliphatic rings. The molecule has 3 heterocycles. The average Bonchev–Trinajstić information content (AvgIpc) is 3.40. The van der Waals surface area contributed by atoms with Crippen LogP contribution < -0.4 is 10.6 Å². The predicted molar refractivity (Wildman–Crippen MR) is 162 cm³/mol. The molecule has 2 aromatic carbocycles. The van der Waals surface area contributed by atoms with Crippen molar-refractivity contribution in [3.05, 3.63) is 111 Å². The van der Waals surface area contributed by atoms with Crippen LogP contribution in [0.2, 0.25) is 10.0 Å². The van der Waals surface area contributed by atoms with Crippen LogP contribution >= 0.6 is 35.4 Å². The summed E-state index contributed by atoms with van der Waals surface area (Å²) in [6, 6.07) is 21.0. The van der Waals surface area contributed by atoms with Crippen molar-refractivity contribution in [1.82, 2.24) is 19.8 Å². The molecule has 39 heavy (non-hydrogen) atoms. The zero-order chi connectivity index (χ0) is 27.7. The van der Waals surface area contributed by atoms with Gasteiger partial charge in [-0.2, -0.15) is 0 Å². The van der Waals surface area contributed by atoms with E-state index in [9.17, 15) is 4.79 Å². The summed E-state index contributed by atoms with van der Waals surface area (Å²) in [7, 11) is 0. The van der Waals surface area contributed by atoms with Gasteiger partial charge in [0.25, 0.3) is 0 Å². The molecule has 0 spiro atoms. The summed E-state index contributed by atoms with van der Waals surface area (Å²) in [5.74, 6) is -0.0664. The fourth-order valence-corrected chi connectivity index (χ4v) is 5.97. The first-order valence-corrected chi connectivity index (χ1v) is 13.9. The van der Waals surface area contributed by atoms with Crippen LogP contribution in [0.25, 0.3) is 5.69 Å². The molecule has 1 fully saturated rings. The van der Waals surface area contributed by atoms with Crippen LogP contribution in [0.5, 0.6) is 0 Å². The molecular weight excluding hydrogens is 549 g/mol. The highest BCUT2D eigenvalue weighted by Gasteiger charge is 2.41. The minimum Gasteiger partial charge on any atom is -0.352 e. The molecule has 0 aliphatic carbocycles. The third-order valence-corrected chi connectivity index (χ3v) is 8.32. The molecule has 1 saturated heterocycles. The minimum absolute atomic E-state index is 0.0664. The Morgan fingerprint density at radius 1 is 1.05 bits per heavy atom. The molecule has 200 valence electrons. The monoisotopic (exact) mass is 577 g/mol. The number of aryl methyl sites for hydroxylation is 2. The number of para-hydroxylation sites is 1. The highest BCUT2D eigenvalue weighted by molar-refractivity contribution is 7.80. The van der Waals surface area contributed by atoms with Gasteiger partial charge in [-0.05, 0) is 80.5 Å². The van der Waals surface area contributed by atoms with E-state index in [1.807, 2.05) is 68.4 Å². The minimum atomic E-state index is -0.193. The van der Waals surface area contributed by atoms with E-state index in [0.717, 1.165) is 39.6 Å². The number of nitrogens with zero attached hydrogens (tertiary/aromatic N) is 3. The molecule has 9 heteroatoms. The van der Waals surface area contributed by atoms with E-state index in [2.05, 4.69) is 38.1 Å². The Labute approximate surface area is 244 Å². The van der Waals surface area contributed by atoms with Crippen molar-refractivity contribution in [2.45, 2.75) is 39.3 Å². The molecule has 2 N–H and O–H groups in total. The zero-order valence-corrected chi connectivity index (χ0v) is 24.2. The molecule has 2 aromatic heterocycles. The van der Waals surface area contributed by atoms with E-state index in [1.54, 1.807) is 12.3 Å². The number of nitrogens with one attached hydrogen (secondary N) is 2. The molecule has 0 saturated carbocycles. The maximum absolute atomic E-state index is 13.0. The fourth-order valence-electron chi connectivity index (χ4n) is 5.26. The summed E-state index contributed by atoms with van der Waals surface area (Å²) in [5.41, 5.74) is 6.63. The van der Waals surface area contributed by atoms with E-state index < -0.39 is 0 Å².